The molecular formula is C16H21N3O. The lowest BCUT2D eigenvalue weighted by molar-refractivity contribution is 0.646. The summed E-state index contributed by atoms with van der Waals surface area (Å²) in [5, 5.41) is 0. The molecule has 0 fully saturated rings. The van der Waals surface area contributed by atoms with Crippen LogP contribution in [-0.4, -0.2) is 17.7 Å². The van der Waals surface area contributed by atoms with Gasteiger partial charge in [0, 0.05) is 43.3 Å². The molecule has 1 aromatic heterocycles. The van der Waals surface area contributed by atoms with Crippen molar-refractivity contribution in [2.75, 3.05) is 23.7 Å². The molecule has 0 aliphatic carbocycles. The van der Waals surface area contributed by atoms with Crippen LogP contribution in [0.15, 0.2) is 47.4 Å². The molecule has 1 heterocycles. The van der Waals surface area contributed by atoms with Gasteiger partial charge >= 0.3 is 0 Å². The van der Waals surface area contributed by atoms with Crippen molar-refractivity contribution in [3.63, 3.8) is 0 Å². The first-order valence-corrected chi connectivity index (χ1v) is 6.87. The first-order chi connectivity index (χ1) is 9.60. The lowest BCUT2D eigenvalue weighted by atomic mass is 10.2. The van der Waals surface area contributed by atoms with E-state index in [9.17, 15) is 4.79 Å². The van der Waals surface area contributed by atoms with Crippen LogP contribution in [0.5, 0.6) is 0 Å². The summed E-state index contributed by atoms with van der Waals surface area (Å²) in [6.07, 6.45) is 1.70. The van der Waals surface area contributed by atoms with E-state index in [1.54, 1.807) is 16.8 Å². The van der Waals surface area contributed by atoms with Crippen molar-refractivity contribution in [1.82, 2.24) is 4.57 Å². The van der Waals surface area contributed by atoms with Crippen LogP contribution < -0.4 is 16.2 Å². The Morgan fingerprint density at radius 3 is 2.50 bits per heavy atom. The number of nitrogen functional groups attached to an aromatic ring is 1. The number of pyridine rings is 1. The number of rotatable bonds is 5. The van der Waals surface area contributed by atoms with Gasteiger partial charge in [-0.3, -0.25) is 4.79 Å². The Kier molecular flexibility index (Phi) is 4.45. The van der Waals surface area contributed by atoms with Crippen molar-refractivity contribution in [2.45, 2.75) is 20.4 Å². The Balaban J connectivity index is 2.09. The van der Waals surface area contributed by atoms with E-state index >= 15 is 0 Å². The Hall–Kier alpha value is -2.23. The molecule has 0 amide bonds. The minimum Gasteiger partial charge on any atom is -0.398 e. The third-order valence-corrected chi connectivity index (χ3v) is 3.40. The fraction of sp³-hybridized carbons (Fsp3) is 0.312. The molecule has 0 atom stereocenters. The van der Waals surface area contributed by atoms with Crippen LogP contribution in [0, 0.1) is 6.92 Å². The fourth-order valence-electron chi connectivity index (χ4n) is 2.18. The smallest absolute Gasteiger partial charge is 0.250 e. The lowest BCUT2D eigenvalue weighted by Crippen LogP contribution is -2.30. The molecule has 4 nitrogen and oxygen atoms in total. The molecule has 0 saturated carbocycles. The topological polar surface area (TPSA) is 51.3 Å². The van der Waals surface area contributed by atoms with Crippen LogP contribution in [0.3, 0.4) is 0 Å². The van der Waals surface area contributed by atoms with Crippen molar-refractivity contribution >= 4 is 11.4 Å². The Morgan fingerprint density at radius 1 is 1.15 bits per heavy atom. The van der Waals surface area contributed by atoms with Crippen molar-refractivity contribution in [3.8, 4) is 0 Å². The summed E-state index contributed by atoms with van der Waals surface area (Å²) in [4.78, 5) is 14.0. The molecule has 0 aliphatic heterocycles. The summed E-state index contributed by atoms with van der Waals surface area (Å²) in [7, 11) is 0. The zero-order valence-electron chi connectivity index (χ0n) is 12.0. The van der Waals surface area contributed by atoms with Crippen LogP contribution in [0.1, 0.15) is 12.5 Å². The number of likely N-dealkylation sites (N-methyl/N-ethyl adjacent to an activating group) is 1. The Morgan fingerprint density at radius 2 is 1.85 bits per heavy atom. The van der Waals surface area contributed by atoms with Crippen molar-refractivity contribution in [3.05, 3.63) is 58.5 Å². The highest BCUT2D eigenvalue weighted by Crippen LogP contribution is 2.14. The molecule has 2 aromatic rings. The van der Waals surface area contributed by atoms with Crippen molar-refractivity contribution in [1.29, 1.82) is 0 Å². The maximum atomic E-state index is 11.7. The molecule has 2 N–H and O–H groups in total. The van der Waals surface area contributed by atoms with Crippen LogP contribution in [0.4, 0.5) is 11.4 Å². The summed E-state index contributed by atoms with van der Waals surface area (Å²) in [6.45, 7) is 6.50. The van der Waals surface area contributed by atoms with Crippen LogP contribution in [0.25, 0.3) is 0 Å². The summed E-state index contributed by atoms with van der Waals surface area (Å²) in [5.41, 5.74) is 8.74. The highest BCUT2D eigenvalue weighted by atomic mass is 16.1. The number of hydrogen-bond acceptors (Lipinski definition) is 3. The number of anilines is 2. The van der Waals surface area contributed by atoms with Gasteiger partial charge in [-0.15, -0.1) is 0 Å². The predicted octanol–water partition coefficient (Wildman–Crippen LogP) is 2.27. The molecule has 0 unspecified atom stereocenters. The molecule has 1 aromatic carbocycles. The molecule has 0 saturated heterocycles. The molecule has 2 rings (SSSR count). The summed E-state index contributed by atoms with van der Waals surface area (Å²) in [6, 6.07) is 11.6. The van der Waals surface area contributed by atoms with Gasteiger partial charge in [0.05, 0.1) is 0 Å². The molecular weight excluding hydrogens is 250 g/mol. The van der Waals surface area contributed by atoms with E-state index in [0.717, 1.165) is 13.1 Å². The Labute approximate surface area is 119 Å². The highest BCUT2D eigenvalue weighted by molar-refractivity contribution is 5.47. The average Bonchev–Trinajstić information content (AvgIpc) is 2.45. The molecule has 0 radical (unpaired) electrons. The fourth-order valence-corrected chi connectivity index (χ4v) is 2.18. The minimum absolute atomic E-state index is 0.0147. The maximum absolute atomic E-state index is 11.7. The van der Waals surface area contributed by atoms with E-state index in [0.29, 0.717) is 12.2 Å². The van der Waals surface area contributed by atoms with E-state index in [4.69, 9.17) is 5.73 Å². The van der Waals surface area contributed by atoms with Crippen LogP contribution >= 0.6 is 0 Å². The van der Waals surface area contributed by atoms with Gasteiger partial charge in [-0.2, -0.15) is 0 Å². The summed E-state index contributed by atoms with van der Waals surface area (Å²) in [5.74, 6) is 0. The van der Waals surface area contributed by atoms with Crippen LogP contribution in [-0.2, 0) is 6.54 Å². The number of benzene rings is 1. The van der Waals surface area contributed by atoms with E-state index in [2.05, 4.69) is 43.0 Å². The van der Waals surface area contributed by atoms with E-state index in [-0.39, 0.29) is 5.56 Å². The zero-order chi connectivity index (χ0) is 14.5. The first-order valence-electron chi connectivity index (χ1n) is 6.87. The highest BCUT2D eigenvalue weighted by Gasteiger charge is 2.05. The standard InChI is InChI=1S/C16H21N3O/c1-3-18(15-7-4-13(2)5-8-15)10-11-19-12-14(17)6-9-16(19)20/h4-9,12H,3,10-11,17H2,1-2H3. The third-order valence-electron chi connectivity index (χ3n) is 3.40. The number of nitrogens with two attached hydrogens (primary N) is 1. The molecule has 20 heavy (non-hydrogen) atoms. The predicted molar refractivity (Wildman–Crippen MR) is 84.2 cm³/mol. The summed E-state index contributed by atoms with van der Waals surface area (Å²) >= 11 is 0. The minimum atomic E-state index is -0.0147. The van der Waals surface area contributed by atoms with E-state index < -0.39 is 0 Å². The average molecular weight is 271 g/mol. The monoisotopic (exact) mass is 271 g/mol. The van der Waals surface area contributed by atoms with Crippen molar-refractivity contribution < 1.29 is 0 Å². The van der Waals surface area contributed by atoms with Gasteiger partial charge < -0.3 is 15.2 Å². The normalized spacial score (nSPS) is 10.5. The number of hydrogen-bond donors (Lipinski definition) is 1. The quantitative estimate of drug-likeness (QED) is 0.907. The van der Waals surface area contributed by atoms with Gasteiger partial charge in [0.25, 0.3) is 5.56 Å². The number of aromatic nitrogens is 1. The largest absolute Gasteiger partial charge is 0.398 e. The molecule has 106 valence electrons. The number of nitrogens with zero attached hydrogens (tertiary/aromatic N) is 2. The van der Waals surface area contributed by atoms with Crippen LogP contribution in [0.2, 0.25) is 0 Å². The van der Waals surface area contributed by atoms with Gasteiger partial charge in [-0.05, 0) is 32.0 Å². The van der Waals surface area contributed by atoms with Gasteiger partial charge in [-0.25, -0.2) is 0 Å². The van der Waals surface area contributed by atoms with Gasteiger partial charge in [-0.1, -0.05) is 17.7 Å². The molecule has 0 spiro atoms. The maximum Gasteiger partial charge on any atom is 0.250 e. The van der Waals surface area contributed by atoms with Gasteiger partial charge in [0.1, 0.15) is 0 Å². The second-order valence-electron chi connectivity index (χ2n) is 4.91. The SMILES string of the molecule is CCN(CCn1cc(N)ccc1=O)c1ccc(C)cc1. The first kappa shape index (κ1) is 14.2. The third kappa shape index (κ3) is 3.41. The van der Waals surface area contributed by atoms with Crippen molar-refractivity contribution in [2.24, 2.45) is 0 Å². The second kappa shape index (κ2) is 6.28. The Bertz CT molecular complexity index is 616. The van der Waals surface area contributed by atoms with Gasteiger partial charge in [0.15, 0.2) is 0 Å². The van der Waals surface area contributed by atoms with Gasteiger partial charge in [0.2, 0.25) is 0 Å². The zero-order valence-corrected chi connectivity index (χ0v) is 12.0. The molecule has 0 aliphatic rings. The van der Waals surface area contributed by atoms with E-state index in [1.807, 2.05) is 0 Å². The summed E-state index contributed by atoms with van der Waals surface area (Å²) < 4.78 is 1.66. The lowest BCUT2D eigenvalue weighted by Gasteiger charge is -2.23. The molecule has 0 bridgehead atoms. The van der Waals surface area contributed by atoms with E-state index in [1.165, 1.54) is 17.3 Å². The second-order valence-corrected chi connectivity index (χ2v) is 4.91. The molecule has 4 heteroatoms. The number of aryl methyl sites for hydroxylation is 1.